The van der Waals surface area contributed by atoms with Crippen molar-refractivity contribution < 1.29 is 13.2 Å². The summed E-state index contributed by atoms with van der Waals surface area (Å²) in [7, 11) is -3.30. The Morgan fingerprint density at radius 1 is 1.33 bits per heavy atom. The number of sulfonamides is 1. The molecule has 5 nitrogen and oxygen atoms in total. The molecule has 3 rings (SSSR count). The van der Waals surface area contributed by atoms with Crippen molar-refractivity contribution in [3.63, 3.8) is 0 Å². The van der Waals surface area contributed by atoms with Crippen LogP contribution in [-0.2, 0) is 16.6 Å². The third kappa shape index (κ3) is 3.59. The summed E-state index contributed by atoms with van der Waals surface area (Å²) in [5.74, 6) is 3.48. The zero-order valence-electron chi connectivity index (χ0n) is 14.3. The summed E-state index contributed by atoms with van der Waals surface area (Å²) < 4.78 is 32.5. The van der Waals surface area contributed by atoms with Crippen molar-refractivity contribution in [3.8, 4) is 18.1 Å². The van der Waals surface area contributed by atoms with Gasteiger partial charge in [0.15, 0.2) is 0 Å². The van der Waals surface area contributed by atoms with Crippen molar-refractivity contribution in [2.45, 2.75) is 31.9 Å². The molecule has 0 radical (unpaired) electrons. The largest absolute Gasteiger partial charge is 0.485 e. The predicted molar refractivity (Wildman–Crippen MR) is 94.3 cm³/mol. The molecule has 1 aromatic carbocycles. The molecule has 6 heteroatoms. The summed E-state index contributed by atoms with van der Waals surface area (Å²) in [6, 6.07) is 5.99. The highest BCUT2D eigenvalue weighted by Crippen LogP contribution is 2.36. The topological polar surface area (TPSA) is 49.9 Å². The van der Waals surface area contributed by atoms with Crippen molar-refractivity contribution in [3.05, 3.63) is 29.3 Å². The van der Waals surface area contributed by atoms with E-state index < -0.39 is 15.6 Å². The van der Waals surface area contributed by atoms with E-state index in [4.69, 9.17) is 11.2 Å². The van der Waals surface area contributed by atoms with Gasteiger partial charge in [-0.2, -0.15) is 4.31 Å². The maximum atomic E-state index is 12.3. The molecule has 1 fully saturated rings. The summed E-state index contributed by atoms with van der Waals surface area (Å²) in [5.41, 5.74) is 1.56. The van der Waals surface area contributed by atoms with E-state index in [0.717, 1.165) is 42.8 Å². The number of hydrogen-bond donors (Lipinski definition) is 0. The number of hydrogen-bond acceptors (Lipinski definition) is 4. The maximum absolute atomic E-state index is 12.3. The average Bonchev–Trinajstić information content (AvgIpc) is 2.66. The van der Waals surface area contributed by atoms with Gasteiger partial charge in [0.05, 0.1) is 19.3 Å². The lowest BCUT2D eigenvalue weighted by atomic mass is 9.91. The van der Waals surface area contributed by atoms with Gasteiger partial charge in [0.2, 0.25) is 10.0 Å². The van der Waals surface area contributed by atoms with Crippen molar-refractivity contribution >= 4 is 10.0 Å². The summed E-state index contributed by atoms with van der Waals surface area (Å²) in [6.45, 7) is 5.03. The number of fused-ring (bicyclic) bond motifs is 1. The Kier molecular flexibility index (Phi) is 4.60. The van der Waals surface area contributed by atoms with E-state index in [9.17, 15) is 8.42 Å². The van der Waals surface area contributed by atoms with Gasteiger partial charge in [0.1, 0.15) is 11.4 Å². The third-order valence-electron chi connectivity index (χ3n) is 4.90. The number of rotatable bonds is 2. The molecule has 0 atom stereocenters. The Hall–Kier alpha value is -1.55. The first kappa shape index (κ1) is 17.3. The van der Waals surface area contributed by atoms with E-state index in [-0.39, 0.29) is 0 Å². The molecule has 0 amide bonds. The lowest BCUT2D eigenvalue weighted by Crippen LogP contribution is -2.54. The van der Waals surface area contributed by atoms with Gasteiger partial charge >= 0.3 is 0 Å². The van der Waals surface area contributed by atoms with Crippen molar-refractivity contribution in [1.29, 1.82) is 0 Å². The molecule has 2 aliphatic rings. The number of terminal acetylenes is 1. The number of nitrogens with zero attached hydrogens (tertiary/aromatic N) is 2. The standard InChI is InChI=1S/C18H24N2O3S/c1-4-9-19-10-7-18(8-11-19)14-20(24(3,21)22)13-16-12-15(2)5-6-17(16)23-18/h1,5-6,12H,7-11,13-14H2,2-3H3. The van der Waals surface area contributed by atoms with Gasteiger partial charge in [-0.05, 0) is 13.0 Å². The van der Waals surface area contributed by atoms with E-state index in [1.54, 1.807) is 4.31 Å². The second-order valence-electron chi connectivity index (χ2n) is 6.91. The molecule has 130 valence electrons. The average molecular weight is 348 g/mol. The highest BCUT2D eigenvalue weighted by molar-refractivity contribution is 7.88. The summed E-state index contributed by atoms with van der Waals surface area (Å²) >= 11 is 0. The Morgan fingerprint density at radius 2 is 2.04 bits per heavy atom. The van der Waals surface area contributed by atoms with Crippen LogP contribution in [0.15, 0.2) is 18.2 Å². The quantitative estimate of drug-likeness (QED) is 0.762. The summed E-state index contributed by atoms with van der Waals surface area (Å²) in [6.07, 6.45) is 8.22. The van der Waals surface area contributed by atoms with E-state index in [1.807, 2.05) is 25.1 Å². The molecule has 0 N–H and O–H groups in total. The molecule has 1 aromatic rings. The van der Waals surface area contributed by atoms with Crippen LogP contribution in [-0.4, -0.2) is 55.7 Å². The second-order valence-corrected chi connectivity index (χ2v) is 8.89. The zero-order chi connectivity index (χ0) is 17.4. The van der Waals surface area contributed by atoms with Gasteiger partial charge in [0, 0.05) is 38.0 Å². The summed E-state index contributed by atoms with van der Waals surface area (Å²) in [4.78, 5) is 2.21. The minimum atomic E-state index is -3.30. The van der Waals surface area contributed by atoms with Gasteiger partial charge in [-0.3, -0.25) is 4.90 Å². The first-order valence-electron chi connectivity index (χ1n) is 8.21. The minimum absolute atomic E-state index is 0.367. The van der Waals surface area contributed by atoms with E-state index in [1.165, 1.54) is 6.26 Å². The fraction of sp³-hybridized carbons (Fsp3) is 0.556. The highest BCUT2D eigenvalue weighted by Gasteiger charge is 2.42. The third-order valence-corrected chi connectivity index (χ3v) is 6.10. The smallest absolute Gasteiger partial charge is 0.211 e. The second kappa shape index (κ2) is 6.40. The van der Waals surface area contributed by atoms with E-state index in [2.05, 4.69) is 10.8 Å². The van der Waals surface area contributed by atoms with Gasteiger partial charge in [-0.25, -0.2) is 8.42 Å². The lowest BCUT2D eigenvalue weighted by Gasteiger charge is -2.42. The first-order valence-corrected chi connectivity index (χ1v) is 10.1. The molecule has 0 unspecified atom stereocenters. The van der Waals surface area contributed by atoms with Crippen LogP contribution < -0.4 is 4.74 Å². The molecule has 0 saturated carbocycles. The molecule has 2 heterocycles. The molecular formula is C18H24N2O3S. The van der Waals surface area contributed by atoms with Crippen LogP contribution in [0.2, 0.25) is 0 Å². The Bertz CT molecular complexity index is 759. The fourth-order valence-electron chi connectivity index (χ4n) is 3.51. The van der Waals surface area contributed by atoms with Crippen LogP contribution in [0.1, 0.15) is 24.0 Å². The van der Waals surface area contributed by atoms with Crippen molar-refractivity contribution in [2.24, 2.45) is 0 Å². The Labute approximate surface area is 144 Å². The molecule has 24 heavy (non-hydrogen) atoms. The SMILES string of the molecule is C#CCN1CCC2(CC1)CN(S(C)(=O)=O)Cc1cc(C)ccc1O2. The van der Waals surface area contributed by atoms with Crippen LogP contribution in [0.5, 0.6) is 5.75 Å². The van der Waals surface area contributed by atoms with Crippen LogP contribution >= 0.6 is 0 Å². The van der Waals surface area contributed by atoms with Gasteiger partial charge < -0.3 is 4.74 Å². The molecule has 0 bridgehead atoms. The van der Waals surface area contributed by atoms with Crippen LogP contribution in [0, 0.1) is 19.3 Å². The fourth-order valence-corrected chi connectivity index (χ4v) is 4.35. The molecule has 1 spiro atoms. The van der Waals surface area contributed by atoms with E-state index in [0.29, 0.717) is 19.6 Å². The number of piperidine rings is 1. The van der Waals surface area contributed by atoms with Crippen molar-refractivity contribution in [1.82, 2.24) is 9.21 Å². The number of benzene rings is 1. The lowest BCUT2D eigenvalue weighted by molar-refractivity contribution is -0.00232. The number of likely N-dealkylation sites (tertiary alicyclic amines) is 1. The molecule has 0 aromatic heterocycles. The van der Waals surface area contributed by atoms with Gasteiger partial charge in [-0.15, -0.1) is 6.42 Å². The van der Waals surface area contributed by atoms with Crippen LogP contribution in [0.3, 0.4) is 0 Å². The summed E-state index contributed by atoms with van der Waals surface area (Å²) in [5, 5.41) is 0. The molecule has 0 aliphatic carbocycles. The molecule has 2 aliphatic heterocycles. The number of aryl methyl sites for hydroxylation is 1. The van der Waals surface area contributed by atoms with Crippen LogP contribution in [0.4, 0.5) is 0 Å². The first-order chi connectivity index (χ1) is 11.3. The normalized spacial score (nSPS) is 21.5. The van der Waals surface area contributed by atoms with E-state index >= 15 is 0 Å². The van der Waals surface area contributed by atoms with Gasteiger partial charge in [0.25, 0.3) is 0 Å². The predicted octanol–water partition coefficient (Wildman–Crippen LogP) is 1.62. The number of ether oxygens (including phenoxy) is 1. The Balaban J connectivity index is 1.93. The molecular weight excluding hydrogens is 324 g/mol. The molecule has 1 saturated heterocycles. The van der Waals surface area contributed by atoms with Crippen molar-refractivity contribution in [2.75, 3.05) is 32.4 Å². The monoisotopic (exact) mass is 348 g/mol. The highest BCUT2D eigenvalue weighted by atomic mass is 32.2. The van der Waals surface area contributed by atoms with Crippen LogP contribution in [0.25, 0.3) is 0 Å². The van der Waals surface area contributed by atoms with Gasteiger partial charge in [-0.1, -0.05) is 23.6 Å². The maximum Gasteiger partial charge on any atom is 0.211 e. The minimum Gasteiger partial charge on any atom is -0.485 e. The zero-order valence-corrected chi connectivity index (χ0v) is 15.1. The Morgan fingerprint density at radius 3 is 2.67 bits per heavy atom.